The zero-order valence-electron chi connectivity index (χ0n) is 15.7. The Morgan fingerprint density at radius 3 is 2.57 bits per heavy atom. The zero-order valence-corrected chi connectivity index (χ0v) is 16.5. The summed E-state index contributed by atoms with van der Waals surface area (Å²) in [7, 11) is 1.51. The fourth-order valence-electron chi connectivity index (χ4n) is 2.44. The maximum Gasteiger partial charge on any atom is 0.262 e. The Morgan fingerprint density at radius 1 is 1.21 bits per heavy atom. The predicted octanol–water partition coefficient (Wildman–Crippen LogP) is 3.39. The molecule has 1 atom stereocenters. The van der Waals surface area contributed by atoms with Crippen molar-refractivity contribution < 1.29 is 18.7 Å². The highest BCUT2D eigenvalue weighted by Gasteiger charge is 2.25. The molecule has 28 heavy (non-hydrogen) atoms. The molecule has 2 rings (SSSR count). The first kappa shape index (κ1) is 21.4. The molecule has 0 heterocycles. The number of hydrogen-bond donors (Lipinski definition) is 2. The molecule has 0 bridgehead atoms. The second-order valence-corrected chi connectivity index (χ2v) is 6.73. The van der Waals surface area contributed by atoms with Gasteiger partial charge in [0.15, 0.2) is 0 Å². The molecular formula is C20H21ClFN3O3. The van der Waals surface area contributed by atoms with Gasteiger partial charge in [-0.15, -0.1) is 0 Å². The fraction of sp³-hybridized carbons (Fsp3) is 0.250. The van der Waals surface area contributed by atoms with Crippen LogP contribution < -0.4 is 15.5 Å². The first-order valence-electron chi connectivity index (χ1n) is 8.55. The number of carbonyl (C=O) groups excluding carboxylic acids is 2. The van der Waals surface area contributed by atoms with E-state index in [1.54, 1.807) is 38.1 Å². The lowest BCUT2D eigenvalue weighted by molar-refractivity contribution is -0.123. The summed E-state index contributed by atoms with van der Waals surface area (Å²) in [6, 6.07) is 9.65. The van der Waals surface area contributed by atoms with Crippen LogP contribution in [0.4, 0.5) is 4.39 Å². The van der Waals surface area contributed by atoms with Gasteiger partial charge in [-0.25, -0.2) is 9.82 Å². The summed E-state index contributed by atoms with van der Waals surface area (Å²) in [5, 5.41) is 6.94. The minimum Gasteiger partial charge on any atom is -0.496 e. The lowest BCUT2D eigenvalue weighted by Crippen LogP contribution is -2.48. The Bertz CT molecular complexity index is 887. The van der Waals surface area contributed by atoms with Gasteiger partial charge in [0.05, 0.1) is 18.9 Å². The summed E-state index contributed by atoms with van der Waals surface area (Å²) in [6.07, 6.45) is 1.39. The van der Waals surface area contributed by atoms with Crippen molar-refractivity contribution in [3.05, 3.63) is 64.4 Å². The SMILES string of the molecule is COc1ccc(Cl)cc1/C=N/NC(=O)C(NC(=O)c1ccccc1F)C(C)C. The fourth-order valence-corrected chi connectivity index (χ4v) is 2.62. The van der Waals surface area contributed by atoms with Crippen LogP contribution in [0.5, 0.6) is 5.75 Å². The standard InChI is InChI=1S/C20H21ClFN3O3/c1-12(2)18(24-19(26)15-6-4-5-7-16(15)22)20(27)25-23-11-13-10-14(21)8-9-17(13)28-3/h4-12,18H,1-3H3,(H,24,26)(H,25,27)/b23-11+. The second kappa shape index (κ2) is 9.85. The molecule has 0 aliphatic rings. The first-order chi connectivity index (χ1) is 13.3. The van der Waals surface area contributed by atoms with Crippen LogP contribution in [0.2, 0.25) is 5.02 Å². The average molecular weight is 406 g/mol. The molecule has 0 spiro atoms. The molecule has 0 aliphatic heterocycles. The molecule has 0 aliphatic carbocycles. The summed E-state index contributed by atoms with van der Waals surface area (Å²) in [5.74, 6) is -1.57. The van der Waals surface area contributed by atoms with Crippen molar-refractivity contribution in [1.82, 2.24) is 10.7 Å². The summed E-state index contributed by atoms with van der Waals surface area (Å²) in [5.41, 5.74) is 2.82. The third-order valence-corrected chi connectivity index (χ3v) is 4.16. The molecule has 2 amide bonds. The summed E-state index contributed by atoms with van der Waals surface area (Å²) >= 11 is 5.95. The topological polar surface area (TPSA) is 79.8 Å². The number of halogens is 2. The van der Waals surface area contributed by atoms with E-state index in [1.807, 2.05) is 0 Å². The quantitative estimate of drug-likeness (QED) is 0.547. The lowest BCUT2D eigenvalue weighted by Gasteiger charge is -2.20. The Labute approximate surface area is 167 Å². The number of ether oxygens (including phenoxy) is 1. The number of carbonyl (C=O) groups is 2. The van der Waals surface area contributed by atoms with Crippen molar-refractivity contribution in [3.63, 3.8) is 0 Å². The van der Waals surface area contributed by atoms with Gasteiger partial charge in [-0.05, 0) is 36.2 Å². The van der Waals surface area contributed by atoms with Crippen molar-refractivity contribution in [3.8, 4) is 5.75 Å². The largest absolute Gasteiger partial charge is 0.496 e. The van der Waals surface area contributed by atoms with E-state index in [2.05, 4.69) is 15.8 Å². The van der Waals surface area contributed by atoms with Crippen LogP contribution in [0.3, 0.4) is 0 Å². The van der Waals surface area contributed by atoms with Crippen LogP contribution in [0.25, 0.3) is 0 Å². The Balaban J connectivity index is 2.08. The Morgan fingerprint density at radius 2 is 1.93 bits per heavy atom. The third kappa shape index (κ3) is 5.53. The Hall–Kier alpha value is -2.93. The van der Waals surface area contributed by atoms with Crippen molar-refractivity contribution in [2.45, 2.75) is 19.9 Å². The van der Waals surface area contributed by atoms with E-state index >= 15 is 0 Å². The minimum absolute atomic E-state index is 0.131. The highest BCUT2D eigenvalue weighted by atomic mass is 35.5. The van der Waals surface area contributed by atoms with E-state index in [0.29, 0.717) is 16.3 Å². The number of nitrogens with zero attached hydrogens (tertiary/aromatic N) is 1. The van der Waals surface area contributed by atoms with Gasteiger partial charge in [0.2, 0.25) is 0 Å². The molecule has 148 valence electrons. The number of amides is 2. The Kier molecular flexibility index (Phi) is 7.52. The van der Waals surface area contributed by atoms with Crippen LogP contribution in [0.1, 0.15) is 29.8 Å². The number of nitrogens with one attached hydrogen (secondary N) is 2. The monoisotopic (exact) mass is 405 g/mol. The van der Waals surface area contributed by atoms with Gasteiger partial charge in [-0.1, -0.05) is 37.6 Å². The summed E-state index contributed by atoms with van der Waals surface area (Å²) < 4.78 is 19.0. The highest BCUT2D eigenvalue weighted by Crippen LogP contribution is 2.20. The van der Waals surface area contributed by atoms with Crippen molar-refractivity contribution in [1.29, 1.82) is 0 Å². The van der Waals surface area contributed by atoms with Crippen LogP contribution in [-0.4, -0.2) is 31.2 Å². The van der Waals surface area contributed by atoms with Crippen molar-refractivity contribution >= 4 is 29.6 Å². The van der Waals surface area contributed by atoms with Gasteiger partial charge in [-0.2, -0.15) is 5.10 Å². The predicted molar refractivity (Wildman–Crippen MR) is 106 cm³/mol. The highest BCUT2D eigenvalue weighted by molar-refractivity contribution is 6.30. The molecule has 0 aromatic heterocycles. The minimum atomic E-state index is -0.898. The van der Waals surface area contributed by atoms with E-state index in [1.165, 1.54) is 31.5 Å². The van der Waals surface area contributed by atoms with E-state index in [9.17, 15) is 14.0 Å². The van der Waals surface area contributed by atoms with Gasteiger partial charge in [0, 0.05) is 10.6 Å². The van der Waals surface area contributed by atoms with Gasteiger partial charge >= 0.3 is 0 Å². The number of hydrogen-bond acceptors (Lipinski definition) is 4. The van der Waals surface area contributed by atoms with Crippen LogP contribution in [0.15, 0.2) is 47.6 Å². The van der Waals surface area contributed by atoms with E-state index in [-0.39, 0.29) is 11.5 Å². The smallest absolute Gasteiger partial charge is 0.262 e. The third-order valence-electron chi connectivity index (χ3n) is 3.92. The lowest BCUT2D eigenvalue weighted by atomic mass is 10.0. The molecule has 2 aromatic carbocycles. The second-order valence-electron chi connectivity index (χ2n) is 6.30. The normalized spacial score (nSPS) is 12.1. The maximum absolute atomic E-state index is 13.8. The molecular weight excluding hydrogens is 385 g/mol. The van der Waals surface area contributed by atoms with E-state index < -0.39 is 23.7 Å². The van der Waals surface area contributed by atoms with Crippen LogP contribution in [-0.2, 0) is 4.79 Å². The zero-order chi connectivity index (χ0) is 20.7. The molecule has 1 unspecified atom stereocenters. The molecule has 0 radical (unpaired) electrons. The summed E-state index contributed by atoms with van der Waals surface area (Å²) in [6.45, 7) is 3.52. The van der Waals surface area contributed by atoms with E-state index in [4.69, 9.17) is 16.3 Å². The molecule has 2 aromatic rings. The molecule has 0 saturated carbocycles. The average Bonchev–Trinajstić information content (AvgIpc) is 2.66. The first-order valence-corrected chi connectivity index (χ1v) is 8.93. The molecule has 8 heteroatoms. The number of benzene rings is 2. The van der Waals surface area contributed by atoms with Gasteiger partial charge < -0.3 is 10.1 Å². The number of hydrazone groups is 1. The molecule has 0 fully saturated rings. The number of rotatable bonds is 7. The molecule has 6 nitrogen and oxygen atoms in total. The van der Waals surface area contributed by atoms with Gasteiger partial charge in [-0.3, -0.25) is 9.59 Å². The van der Waals surface area contributed by atoms with Crippen molar-refractivity contribution in [2.75, 3.05) is 7.11 Å². The van der Waals surface area contributed by atoms with Crippen LogP contribution >= 0.6 is 11.6 Å². The van der Waals surface area contributed by atoms with Gasteiger partial charge in [0.25, 0.3) is 11.8 Å². The van der Waals surface area contributed by atoms with Gasteiger partial charge in [0.1, 0.15) is 17.6 Å². The summed E-state index contributed by atoms with van der Waals surface area (Å²) in [4.78, 5) is 24.8. The van der Waals surface area contributed by atoms with Crippen molar-refractivity contribution in [2.24, 2.45) is 11.0 Å². The van der Waals surface area contributed by atoms with E-state index in [0.717, 1.165) is 0 Å². The number of methoxy groups -OCH3 is 1. The molecule has 2 N–H and O–H groups in total. The maximum atomic E-state index is 13.8. The molecule has 0 saturated heterocycles. The van der Waals surface area contributed by atoms with Crippen LogP contribution in [0, 0.1) is 11.7 Å².